The number of aromatic nitrogens is 2. The number of carbonyl (C=O) groups is 1. The average molecular weight is 341 g/mol. The lowest BCUT2D eigenvalue weighted by atomic mass is 10.2. The Labute approximate surface area is 147 Å². The molecule has 7 heteroatoms. The molecule has 7 nitrogen and oxygen atoms in total. The summed E-state index contributed by atoms with van der Waals surface area (Å²) in [5.74, 6) is 0.341. The van der Waals surface area contributed by atoms with E-state index in [1.165, 1.54) is 24.7 Å². The molecule has 1 aliphatic rings. The van der Waals surface area contributed by atoms with Gasteiger partial charge in [0.15, 0.2) is 0 Å². The minimum absolute atomic E-state index is 0.273. The van der Waals surface area contributed by atoms with Gasteiger partial charge < -0.3 is 20.3 Å². The van der Waals surface area contributed by atoms with Crippen LogP contribution in [-0.2, 0) is 4.74 Å². The van der Waals surface area contributed by atoms with E-state index in [9.17, 15) is 4.79 Å². The molecule has 1 aromatic heterocycles. The summed E-state index contributed by atoms with van der Waals surface area (Å²) in [4.78, 5) is 22.9. The number of rotatable bonds is 7. The molecular formula is C18H23N5O2. The monoisotopic (exact) mass is 341 g/mol. The fraction of sp³-hybridized carbons (Fsp3) is 0.389. The van der Waals surface area contributed by atoms with Crippen molar-refractivity contribution in [2.75, 3.05) is 48.9 Å². The summed E-state index contributed by atoms with van der Waals surface area (Å²) < 4.78 is 4.95. The van der Waals surface area contributed by atoms with Crippen LogP contribution in [0.15, 0.2) is 36.7 Å². The van der Waals surface area contributed by atoms with Crippen molar-refractivity contribution in [2.24, 2.45) is 0 Å². The summed E-state index contributed by atoms with van der Waals surface area (Å²) >= 11 is 0. The van der Waals surface area contributed by atoms with Crippen molar-refractivity contribution < 1.29 is 9.53 Å². The van der Waals surface area contributed by atoms with E-state index in [2.05, 4.69) is 25.5 Å². The number of hydrogen-bond donors (Lipinski definition) is 2. The molecule has 0 spiro atoms. The van der Waals surface area contributed by atoms with Crippen molar-refractivity contribution in [1.82, 2.24) is 9.97 Å². The zero-order valence-corrected chi connectivity index (χ0v) is 14.4. The van der Waals surface area contributed by atoms with Crippen LogP contribution in [0.25, 0.3) is 0 Å². The van der Waals surface area contributed by atoms with Crippen LogP contribution < -0.4 is 15.5 Å². The second-order valence-corrected chi connectivity index (χ2v) is 5.90. The van der Waals surface area contributed by atoms with E-state index in [1.54, 1.807) is 13.3 Å². The molecule has 0 bridgehead atoms. The molecule has 0 unspecified atom stereocenters. The van der Waals surface area contributed by atoms with Crippen molar-refractivity contribution in [2.45, 2.75) is 12.8 Å². The van der Waals surface area contributed by atoms with E-state index in [0.717, 1.165) is 18.8 Å². The Balaban J connectivity index is 1.56. The first kappa shape index (κ1) is 17.2. The molecular weight excluding hydrogens is 318 g/mol. The molecule has 0 aliphatic carbocycles. The van der Waals surface area contributed by atoms with E-state index < -0.39 is 0 Å². The SMILES string of the molecule is COCCNc1cnc(C(=O)Nc2ccc(N3CCCC3)cc2)cn1. The summed E-state index contributed by atoms with van der Waals surface area (Å²) in [5.41, 5.74) is 2.22. The van der Waals surface area contributed by atoms with Crippen LogP contribution in [0.1, 0.15) is 23.3 Å². The third kappa shape index (κ3) is 4.67. The molecule has 2 N–H and O–H groups in total. The number of ether oxygens (including phenoxy) is 1. The molecule has 0 radical (unpaired) electrons. The first-order valence-corrected chi connectivity index (χ1v) is 8.47. The summed E-state index contributed by atoms with van der Waals surface area (Å²) in [6.45, 7) is 3.43. The van der Waals surface area contributed by atoms with Crippen molar-refractivity contribution in [3.05, 3.63) is 42.4 Å². The second kappa shape index (κ2) is 8.43. The van der Waals surface area contributed by atoms with Gasteiger partial charge in [0.1, 0.15) is 11.5 Å². The molecule has 25 heavy (non-hydrogen) atoms. The van der Waals surface area contributed by atoms with Gasteiger partial charge in [-0.3, -0.25) is 4.79 Å². The van der Waals surface area contributed by atoms with Gasteiger partial charge in [0.2, 0.25) is 0 Å². The number of hydrogen-bond acceptors (Lipinski definition) is 6. The van der Waals surface area contributed by atoms with Crippen LogP contribution >= 0.6 is 0 Å². The number of methoxy groups -OCH3 is 1. The quantitative estimate of drug-likeness (QED) is 0.753. The molecule has 2 heterocycles. The Hall–Kier alpha value is -2.67. The highest BCUT2D eigenvalue weighted by molar-refractivity contribution is 6.02. The highest BCUT2D eigenvalue weighted by Gasteiger charge is 2.13. The normalized spacial score (nSPS) is 13.7. The fourth-order valence-electron chi connectivity index (χ4n) is 2.74. The summed E-state index contributed by atoms with van der Waals surface area (Å²) in [5, 5.41) is 5.91. The maximum Gasteiger partial charge on any atom is 0.275 e. The predicted molar refractivity (Wildman–Crippen MR) is 98.2 cm³/mol. The Bertz CT molecular complexity index is 682. The van der Waals surface area contributed by atoms with Crippen LogP contribution in [0.5, 0.6) is 0 Å². The average Bonchev–Trinajstić information content (AvgIpc) is 3.18. The number of nitrogens with one attached hydrogen (secondary N) is 2. The molecule has 0 atom stereocenters. The Morgan fingerprint density at radius 1 is 1.16 bits per heavy atom. The van der Waals surface area contributed by atoms with Crippen LogP contribution in [0.2, 0.25) is 0 Å². The molecule has 132 valence electrons. The van der Waals surface area contributed by atoms with Gasteiger partial charge in [-0.25, -0.2) is 9.97 Å². The van der Waals surface area contributed by atoms with Crippen molar-refractivity contribution >= 4 is 23.1 Å². The van der Waals surface area contributed by atoms with Gasteiger partial charge in [0.05, 0.1) is 19.0 Å². The lowest BCUT2D eigenvalue weighted by Crippen LogP contribution is -2.18. The first-order chi connectivity index (χ1) is 12.3. The first-order valence-electron chi connectivity index (χ1n) is 8.47. The van der Waals surface area contributed by atoms with Gasteiger partial charge in [0, 0.05) is 38.1 Å². The van der Waals surface area contributed by atoms with E-state index in [0.29, 0.717) is 19.0 Å². The molecule has 1 aliphatic heterocycles. The third-order valence-corrected chi connectivity index (χ3v) is 4.09. The minimum Gasteiger partial charge on any atom is -0.383 e. The third-order valence-electron chi connectivity index (χ3n) is 4.09. The zero-order valence-electron chi connectivity index (χ0n) is 14.4. The summed E-state index contributed by atoms with van der Waals surface area (Å²) in [6, 6.07) is 7.91. The van der Waals surface area contributed by atoms with Crippen molar-refractivity contribution in [3.63, 3.8) is 0 Å². The van der Waals surface area contributed by atoms with Crippen molar-refractivity contribution in [3.8, 4) is 0 Å². The van der Waals surface area contributed by atoms with Gasteiger partial charge in [-0.2, -0.15) is 0 Å². The maximum atomic E-state index is 12.3. The largest absolute Gasteiger partial charge is 0.383 e. The highest BCUT2D eigenvalue weighted by Crippen LogP contribution is 2.22. The number of amides is 1. The number of benzene rings is 1. The molecule has 0 saturated carbocycles. The lowest BCUT2D eigenvalue weighted by molar-refractivity contribution is 0.102. The molecule has 2 aromatic rings. The Kier molecular flexibility index (Phi) is 5.79. The second-order valence-electron chi connectivity index (χ2n) is 5.90. The molecule has 1 saturated heterocycles. The molecule has 3 rings (SSSR count). The number of nitrogens with zero attached hydrogens (tertiary/aromatic N) is 3. The predicted octanol–water partition coefficient (Wildman–Crippen LogP) is 2.39. The van der Waals surface area contributed by atoms with E-state index in [1.807, 2.05) is 24.3 Å². The van der Waals surface area contributed by atoms with Gasteiger partial charge >= 0.3 is 0 Å². The standard InChI is InChI=1S/C18H23N5O2/c1-25-11-8-19-17-13-20-16(12-21-17)18(24)22-14-4-6-15(7-5-14)23-9-2-3-10-23/h4-7,12-13H,2-3,8-11H2,1H3,(H,19,21)(H,22,24). The van der Waals surface area contributed by atoms with E-state index >= 15 is 0 Å². The van der Waals surface area contributed by atoms with Gasteiger partial charge in [0.25, 0.3) is 5.91 Å². The molecule has 1 aromatic carbocycles. The topological polar surface area (TPSA) is 79.4 Å². The van der Waals surface area contributed by atoms with Gasteiger partial charge in [-0.1, -0.05) is 0 Å². The fourth-order valence-corrected chi connectivity index (χ4v) is 2.74. The minimum atomic E-state index is -0.273. The summed E-state index contributed by atoms with van der Waals surface area (Å²) in [6.07, 6.45) is 5.49. The Morgan fingerprint density at radius 3 is 2.56 bits per heavy atom. The van der Waals surface area contributed by atoms with E-state index in [4.69, 9.17) is 4.74 Å². The number of carbonyl (C=O) groups excluding carboxylic acids is 1. The van der Waals surface area contributed by atoms with Gasteiger partial charge in [-0.15, -0.1) is 0 Å². The number of anilines is 3. The van der Waals surface area contributed by atoms with Crippen molar-refractivity contribution in [1.29, 1.82) is 0 Å². The van der Waals surface area contributed by atoms with Crippen LogP contribution in [0.3, 0.4) is 0 Å². The Morgan fingerprint density at radius 2 is 1.92 bits per heavy atom. The van der Waals surface area contributed by atoms with Crippen LogP contribution in [-0.4, -0.2) is 49.2 Å². The van der Waals surface area contributed by atoms with E-state index in [-0.39, 0.29) is 11.6 Å². The van der Waals surface area contributed by atoms with Crippen LogP contribution in [0.4, 0.5) is 17.2 Å². The zero-order chi connectivity index (χ0) is 17.5. The summed E-state index contributed by atoms with van der Waals surface area (Å²) in [7, 11) is 1.64. The molecule has 1 fully saturated rings. The lowest BCUT2D eigenvalue weighted by Gasteiger charge is -2.17. The van der Waals surface area contributed by atoms with Gasteiger partial charge in [-0.05, 0) is 37.1 Å². The smallest absolute Gasteiger partial charge is 0.275 e. The highest BCUT2D eigenvalue weighted by atomic mass is 16.5. The maximum absolute atomic E-state index is 12.3. The van der Waals surface area contributed by atoms with Crippen LogP contribution in [0, 0.1) is 0 Å². The molecule has 1 amide bonds.